The Morgan fingerprint density at radius 3 is 2.65 bits per heavy atom. The Morgan fingerprint density at radius 2 is 2.00 bits per heavy atom. The minimum absolute atomic E-state index is 0.0981. The Kier molecular flexibility index (Phi) is 4.17. The normalized spacial score (nSPS) is 18.6. The predicted molar refractivity (Wildman–Crippen MR) is 89.8 cm³/mol. The molecule has 122 valence electrons. The van der Waals surface area contributed by atoms with Crippen LogP contribution in [0.4, 0.5) is 0 Å². The molecule has 1 aliphatic rings. The van der Waals surface area contributed by atoms with Crippen molar-refractivity contribution in [1.82, 2.24) is 20.0 Å². The molecule has 6 nitrogen and oxygen atoms in total. The van der Waals surface area contributed by atoms with Gasteiger partial charge in [0.05, 0.1) is 11.4 Å². The van der Waals surface area contributed by atoms with Gasteiger partial charge in [0.15, 0.2) is 5.69 Å². The van der Waals surface area contributed by atoms with Gasteiger partial charge in [0.2, 0.25) is 0 Å². The highest BCUT2D eigenvalue weighted by molar-refractivity contribution is 6.04. The van der Waals surface area contributed by atoms with Crippen LogP contribution in [0.5, 0.6) is 0 Å². The summed E-state index contributed by atoms with van der Waals surface area (Å²) in [5.41, 5.74) is 0.211. The fourth-order valence-electron chi connectivity index (χ4n) is 2.99. The van der Waals surface area contributed by atoms with E-state index in [1.165, 1.54) is 4.68 Å². The Hall–Kier alpha value is -2.21. The molecule has 0 aliphatic carbocycles. The topological polar surface area (TPSA) is 67.2 Å². The summed E-state index contributed by atoms with van der Waals surface area (Å²) in [4.78, 5) is 27.4. The summed E-state index contributed by atoms with van der Waals surface area (Å²) in [5, 5.41) is 8.85. The number of hydrogen-bond donors (Lipinski definition) is 1. The third-order valence-corrected chi connectivity index (χ3v) is 4.28. The van der Waals surface area contributed by atoms with Gasteiger partial charge in [-0.15, -0.1) is 0 Å². The smallest absolute Gasteiger partial charge is 0.275 e. The molecular weight excluding hydrogens is 292 g/mol. The lowest BCUT2D eigenvalue weighted by molar-refractivity contribution is 0.0649. The quantitative estimate of drug-likeness (QED) is 0.910. The van der Waals surface area contributed by atoms with Crippen molar-refractivity contribution in [2.75, 3.05) is 19.6 Å². The summed E-state index contributed by atoms with van der Waals surface area (Å²) in [7, 11) is 0. The second-order valence-electron chi connectivity index (χ2n) is 6.29. The van der Waals surface area contributed by atoms with Crippen molar-refractivity contribution in [2.24, 2.45) is 0 Å². The van der Waals surface area contributed by atoms with E-state index < -0.39 is 0 Å². The van der Waals surface area contributed by atoms with Gasteiger partial charge in [0.1, 0.15) is 0 Å². The minimum atomic E-state index is -0.152. The highest BCUT2D eigenvalue weighted by Gasteiger charge is 2.27. The predicted octanol–water partition coefficient (Wildman–Crippen LogP) is 1.41. The molecule has 1 aromatic heterocycles. The first-order valence-corrected chi connectivity index (χ1v) is 8.04. The van der Waals surface area contributed by atoms with Crippen molar-refractivity contribution in [1.29, 1.82) is 0 Å². The Labute approximate surface area is 135 Å². The monoisotopic (exact) mass is 314 g/mol. The maximum Gasteiger partial charge on any atom is 0.275 e. The number of rotatable bonds is 2. The van der Waals surface area contributed by atoms with Crippen molar-refractivity contribution in [3.05, 3.63) is 40.3 Å². The molecular formula is C17H22N4O2. The van der Waals surface area contributed by atoms with Gasteiger partial charge in [0.25, 0.3) is 11.5 Å². The summed E-state index contributed by atoms with van der Waals surface area (Å²) in [6.45, 7) is 8.00. The third kappa shape index (κ3) is 2.74. The van der Waals surface area contributed by atoms with E-state index in [1.54, 1.807) is 12.1 Å². The van der Waals surface area contributed by atoms with E-state index in [1.807, 2.05) is 37.8 Å². The second kappa shape index (κ2) is 6.12. The van der Waals surface area contributed by atoms with E-state index in [9.17, 15) is 9.59 Å². The first kappa shape index (κ1) is 15.7. The van der Waals surface area contributed by atoms with Crippen LogP contribution < -0.4 is 10.9 Å². The number of fused-ring (bicyclic) bond motifs is 1. The number of amides is 1. The highest BCUT2D eigenvalue weighted by Crippen LogP contribution is 2.18. The van der Waals surface area contributed by atoms with Gasteiger partial charge in [-0.2, -0.15) is 5.10 Å². The van der Waals surface area contributed by atoms with Crippen molar-refractivity contribution >= 4 is 16.7 Å². The largest absolute Gasteiger partial charge is 0.332 e. The van der Waals surface area contributed by atoms with Gasteiger partial charge in [-0.05, 0) is 26.8 Å². The van der Waals surface area contributed by atoms with E-state index in [-0.39, 0.29) is 23.6 Å². The van der Waals surface area contributed by atoms with Gasteiger partial charge in [-0.25, -0.2) is 4.68 Å². The molecule has 1 aliphatic heterocycles. The van der Waals surface area contributed by atoms with Crippen molar-refractivity contribution < 1.29 is 4.79 Å². The number of nitrogens with one attached hydrogen (secondary N) is 1. The number of carbonyl (C=O) groups is 1. The van der Waals surface area contributed by atoms with Crippen LogP contribution >= 0.6 is 0 Å². The molecule has 1 amide bonds. The van der Waals surface area contributed by atoms with Crippen LogP contribution in [-0.2, 0) is 0 Å². The molecule has 1 atom stereocenters. The van der Waals surface area contributed by atoms with Gasteiger partial charge >= 0.3 is 0 Å². The average molecular weight is 314 g/mol. The summed E-state index contributed by atoms with van der Waals surface area (Å²) in [6.07, 6.45) is 0. The lowest BCUT2D eigenvalue weighted by atomic mass is 10.1. The second-order valence-corrected chi connectivity index (χ2v) is 6.29. The Bertz CT molecular complexity index is 797. The SMILES string of the molecule is CC1CNCCN1C(=O)c1nn(C(C)C)c(=O)c2ccccc12. The molecule has 1 fully saturated rings. The fourth-order valence-corrected chi connectivity index (χ4v) is 2.99. The zero-order valence-corrected chi connectivity index (χ0v) is 13.7. The Balaban J connectivity index is 2.18. The molecule has 1 aromatic carbocycles. The van der Waals surface area contributed by atoms with E-state index >= 15 is 0 Å². The zero-order valence-electron chi connectivity index (χ0n) is 13.7. The van der Waals surface area contributed by atoms with Crippen LogP contribution in [0, 0.1) is 0 Å². The zero-order chi connectivity index (χ0) is 16.6. The molecule has 0 spiro atoms. The molecule has 0 saturated carbocycles. The van der Waals surface area contributed by atoms with E-state index in [0.717, 1.165) is 13.1 Å². The third-order valence-electron chi connectivity index (χ3n) is 4.28. The number of benzene rings is 1. The lowest BCUT2D eigenvalue weighted by Gasteiger charge is -2.34. The van der Waals surface area contributed by atoms with Crippen molar-refractivity contribution in [3.63, 3.8) is 0 Å². The van der Waals surface area contributed by atoms with Gasteiger partial charge < -0.3 is 10.2 Å². The molecule has 3 rings (SSSR count). The van der Waals surface area contributed by atoms with Crippen molar-refractivity contribution in [3.8, 4) is 0 Å². The van der Waals surface area contributed by atoms with E-state index in [0.29, 0.717) is 23.0 Å². The molecule has 23 heavy (non-hydrogen) atoms. The van der Waals surface area contributed by atoms with Gasteiger partial charge in [-0.3, -0.25) is 9.59 Å². The van der Waals surface area contributed by atoms with Crippen LogP contribution in [0.3, 0.4) is 0 Å². The summed E-state index contributed by atoms with van der Waals surface area (Å²) in [5.74, 6) is -0.107. The molecule has 1 unspecified atom stereocenters. The van der Waals surface area contributed by atoms with Gasteiger partial charge in [-0.1, -0.05) is 18.2 Å². The number of piperazine rings is 1. The molecule has 2 heterocycles. The van der Waals surface area contributed by atoms with Crippen LogP contribution in [0.2, 0.25) is 0 Å². The average Bonchev–Trinajstić information content (AvgIpc) is 2.55. The van der Waals surface area contributed by atoms with E-state index in [4.69, 9.17) is 0 Å². The molecule has 0 radical (unpaired) electrons. The number of hydrogen-bond acceptors (Lipinski definition) is 4. The van der Waals surface area contributed by atoms with Crippen molar-refractivity contribution in [2.45, 2.75) is 32.9 Å². The molecule has 1 N–H and O–H groups in total. The first-order valence-electron chi connectivity index (χ1n) is 8.04. The van der Waals surface area contributed by atoms with Crippen LogP contribution in [-0.4, -0.2) is 46.3 Å². The number of aromatic nitrogens is 2. The van der Waals surface area contributed by atoms with Crippen LogP contribution in [0.1, 0.15) is 37.3 Å². The maximum atomic E-state index is 13.0. The van der Waals surface area contributed by atoms with E-state index in [2.05, 4.69) is 10.4 Å². The van der Waals surface area contributed by atoms with Crippen LogP contribution in [0.15, 0.2) is 29.1 Å². The molecule has 1 saturated heterocycles. The first-order chi connectivity index (χ1) is 11.0. The standard InChI is InChI=1S/C17H22N4O2/c1-11(2)21-16(22)14-7-5-4-6-13(14)15(19-21)17(23)20-9-8-18-10-12(20)3/h4-7,11-12,18H,8-10H2,1-3H3. The highest BCUT2D eigenvalue weighted by atomic mass is 16.2. The Morgan fingerprint density at radius 1 is 1.30 bits per heavy atom. The minimum Gasteiger partial charge on any atom is -0.332 e. The molecule has 6 heteroatoms. The summed E-state index contributed by atoms with van der Waals surface area (Å²) >= 11 is 0. The maximum absolute atomic E-state index is 13.0. The fraction of sp³-hybridized carbons (Fsp3) is 0.471. The lowest BCUT2D eigenvalue weighted by Crippen LogP contribution is -2.52. The summed E-state index contributed by atoms with van der Waals surface area (Å²) in [6, 6.07) is 7.22. The number of nitrogens with zero attached hydrogens (tertiary/aromatic N) is 3. The molecule has 2 aromatic rings. The summed E-state index contributed by atoms with van der Waals surface area (Å²) < 4.78 is 1.41. The van der Waals surface area contributed by atoms with Crippen LogP contribution in [0.25, 0.3) is 10.8 Å². The molecule has 0 bridgehead atoms. The van der Waals surface area contributed by atoms with Gasteiger partial charge in [0, 0.05) is 31.1 Å². The number of carbonyl (C=O) groups excluding carboxylic acids is 1.